The lowest BCUT2D eigenvalue weighted by atomic mass is 9.87. The zero-order valence-electron chi connectivity index (χ0n) is 16.6. The summed E-state index contributed by atoms with van der Waals surface area (Å²) in [5, 5.41) is 9.81. The number of nitrogens with two attached hydrogens (primary N) is 1. The number of carbonyl (C=O) groups excluding carboxylic acids is 1. The number of carbonyl (C=O) groups is 1. The van der Waals surface area contributed by atoms with E-state index in [0.29, 0.717) is 28.5 Å². The smallest absolute Gasteiger partial charge is 0.227 e. The van der Waals surface area contributed by atoms with Crippen LogP contribution in [0.25, 0.3) is 11.1 Å². The molecule has 2 heterocycles. The van der Waals surface area contributed by atoms with Gasteiger partial charge in [-0.2, -0.15) is 5.26 Å². The van der Waals surface area contributed by atoms with Gasteiger partial charge in [0.05, 0.1) is 24.1 Å². The van der Waals surface area contributed by atoms with Crippen molar-refractivity contribution in [3.05, 3.63) is 82.0 Å². The summed E-state index contributed by atoms with van der Waals surface area (Å²) in [7, 11) is 0. The molecule has 0 spiro atoms. The number of halogens is 1. The summed E-state index contributed by atoms with van der Waals surface area (Å²) in [6.45, 7) is 2.65. The van der Waals surface area contributed by atoms with Gasteiger partial charge in [-0.25, -0.2) is 4.98 Å². The molecule has 0 bridgehead atoms. The Morgan fingerprint density at radius 2 is 2.07 bits per heavy atom. The van der Waals surface area contributed by atoms with E-state index >= 15 is 0 Å². The largest absolute Gasteiger partial charge is 0.384 e. The molecule has 0 saturated carbocycles. The number of nitrogens with zero attached hydrogens (tertiary/aromatic N) is 3. The molecule has 0 fully saturated rings. The van der Waals surface area contributed by atoms with E-state index in [4.69, 9.17) is 17.3 Å². The molecule has 1 atom stereocenters. The van der Waals surface area contributed by atoms with Gasteiger partial charge in [0.1, 0.15) is 5.82 Å². The summed E-state index contributed by atoms with van der Waals surface area (Å²) in [4.78, 5) is 19.2. The van der Waals surface area contributed by atoms with E-state index < -0.39 is 0 Å². The van der Waals surface area contributed by atoms with Crippen molar-refractivity contribution in [1.29, 1.82) is 5.26 Å². The van der Waals surface area contributed by atoms with Gasteiger partial charge in [0.15, 0.2) is 0 Å². The molecule has 6 heteroatoms. The average molecular weight is 417 g/mol. The van der Waals surface area contributed by atoms with E-state index in [0.717, 1.165) is 23.1 Å². The van der Waals surface area contributed by atoms with Crippen molar-refractivity contribution in [2.24, 2.45) is 0 Å². The summed E-state index contributed by atoms with van der Waals surface area (Å²) in [5.41, 5.74) is 11.3. The Labute approximate surface area is 180 Å². The van der Waals surface area contributed by atoms with Gasteiger partial charge in [-0.05, 0) is 59.9 Å². The van der Waals surface area contributed by atoms with E-state index in [9.17, 15) is 10.1 Å². The Kier molecular flexibility index (Phi) is 5.43. The summed E-state index contributed by atoms with van der Waals surface area (Å²) in [6, 6.07) is 17.1. The van der Waals surface area contributed by atoms with Crippen LogP contribution >= 0.6 is 11.6 Å². The Hall–Kier alpha value is -3.36. The van der Waals surface area contributed by atoms with Crippen molar-refractivity contribution in [2.45, 2.75) is 25.8 Å². The van der Waals surface area contributed by atoms with Crippen LogP contribution in [0.5, 0.6) is 0 Å². The summed E-state index contributed by atoms with van der Waals surface area (Å²) in [6.07, 6.45) is 2.65. The number of benzene rings is 2. The Morgan fingerprint density at radius 1 is 1.27 bits per heavy atom. The molecule has 1 aliphatic heterocycles. The van der Waals surface area contributed by atoms with Gasteiger partial charge >= 0.3 is 0 Å². The lowest BCUT2D eigenvalue weighted by Crippen LogP contribution is -2.40. The second-order valence-electron chi connectivity index (χ2n) is 7.41. The van der Waals surface area contributed by atoms with Gasteiger partial charge in [-0.3, -0.25) is 4.79 Å². The van der Waals surface area contributed by atoms with Crippen LogP contribution in [0.15, 0.2) is 54.7 Å². The summed E-state index contributed by atoms with van der Waals surface area (Å²) >= 11 is 6.27. The monoisotopic (exact) mass is 416 g/mol. The third-order valence-electron chi connectivity index (χ3n) is 5.72. The first-order valence-electron chi connectivity index (χ1n) is 9.80. The van der Waals surface area contributed by atoms with E-state index in [1.54, 1.807) is 30.5 Å². The van der Waals surface area contributed by atoms with Gasteiger partial charge in [-0.15, -0.1) is 0 Å². The summed E-state index contributed by atoms with van der Waals surface area (Å²) in [5.74, 6) is 0.460. The lowest BCUT2D eigenvalue weighted by Gasteiger charge is -2.36. The molecule has 0 unspecified atom stereocenters. The molecule has 0 radical (unpaired) electrons. The first kappa shape index (κ1) is 19.9. The molecular weight excluding hydrogens is 396 g/mol. The highest BCUT2D eigenvalue weighted by molar-refractivity contribution is 6.31. The molecule has 30 heavy (non-hydrogen) atoms. The molecular formula is C24H21ClN4O. The van der Waals surface area contributed by atoms with Crippen LogP contribution in [0.3, 0.4) is 0 Å². The van der Waals surface area contributed by atoms with Gasteiger partial charge in [0, 0.05) is 23.3 Å². The van der Waals surface area contributed by atoms with Crippen LogP contribution in [0.2, 0.25) is 5.02 Å². The number of hydrogen-bond donors (Lipinski definition) is 1. The Morgan fingerprint density at radius 3 is 2.80 bits per heavy atom. The quantitative estimate of drug-likeness (QED) is 0.679. The second-order valence-corrected chi connectivity index (χ2v) is 7.82. The molecule has 2 N–H and O–H groups in total. The Bertz CT molecular complexity index is 1150. The highest BCUT2D eigenvalue weighted by Crippen LogP contribution is 2.36. The molecule has 1 aliphatic rings. The highest BCUT2D eigenvalue weighted by atomic mass is 35.5. The molecule has 0 aliphatic carbocycles. The first-order valence-corrected chi connectivity index (χ1v) is 10.2. The van der Waals surface area contributed by atoms with E-state index in [1.807, 2.05) is 24.0 Å². The van der Waals surface area contributed by atoms with Crippen molar-refractivity contribution in [3.63, 3.8) is 0 Å². The van der Waals surface area contributed by atoms with Gasteiger partial charge < -0.3 is 10.6 Å². The molecule has 4 rings (SSSR count). The van der Waals surface area contributed by atoms with E-state index in [-0.39, 0.29) is 18.4 Å². The minimum absolute atomic E-state index is 0.0303. The standard InChI is InChI=1S/C24H21ClN4O/c1-15-18-5-3-6-19(17-8-9-23(27)28-14-17)20(18)10-11-29(15)24(30)12-21-16(13-26)4-2-7-22(21)25/h2-9,14-15H,10-12H2,1H3,(H2,27,28)/t15-/m0/s1. The van der Waals surface area contributed by atoms with Gasteiger partial charge in [-0.1, -0.05) is 35.9 Å². The molecule has 3 aromatic rings. The fraction of sp³-hybridized carbons (Fsp3) is 0.208. The number of aromatic nitrogens is 1. The number of hydrogen-bond acceptors (Lipinski definition) is 4. The number of fused-ring (bicyclic) bond motifs is 1. The molecule has 5 nitrogen and oxygen atoms in total. The minimum Gasteiger partial charge on any atom is -0.384 e. The number of amides is 1. The molecule has 1 aromatic heterocycles. The SMILES string of the molecule is C[C@H]1c2cccc(-c3ccc(N)nc3)c2CCN1C(=O)Cc1c(Cl)cccc1C#N. The van der Waals surface area contributed by atoms with E-state index in [1.165, 1.54) is 5.56 Å². The maximum absolute atomic E-state index is 13.1. The molecule has 0 saturated heterocycles. The first-order chi connectivity index (χ1) is 14.5. The normalized spacial score (nSPS) is 15.4. The molecule has 1 amide bonds. The van der Waals surface area contributed by atoms with Crippen LogP contribution in [-0.2, 0) is 17.6 Å². The van der Waals surface area contributed by atoms with Crippen molar-refractivity contribution in [1.82, 2.24) is 9.88 Å². The van der Waals surface area contributed by atoms with Crippen molar-refractivity contribution in [2.75, 3.05) is 12.3 Å². The zero-order valence-corrected chi connectivity index (χ0v) is 17.4. The van der Waals surface area contributed by atoms with Crippen molar-refractivity contribution >= 4 is 23.3 Å². The van der Waals surface area contributed by atoms with Gasteiger partial charge in [0.2, 0.25) is 5.91 Å². The maximum Gasteiger partial charge on any atom is 0.227 e. The third kappa shape index (κ3) is 3.62. The van der Waals surface area contributed by atoms with Crippen LogP contribution < -0.4 is 5.73 Å². The van der Waals surface area contributed by atoms with Crippen LogP contribution in [-0.4, -0.2) is 22.3 Å². The maximum atomic E-state index is 13.1. The van der Waals surface area contributed by atoms with Crippen LogP contribution in [0, 0.1) is 11.3 Å². The number of pyridine rings is 1. The molecule has 2 aromatic carbocycles. The fourth-order valence-corrected chi connectivity index (χ4v) is 4.38. The average Bonchev–Trinajstić information content (AvgIpc) is 2.75. The predicted octanol–water partition coefficient (Wildman–Crippen LogP) is 4.54. The topological polar surface area (TPSA) is 83.0 Å². The van der Waals surface area contributed by atoms with Crippen molar-refractivity contribution in [3.8, 4) is 17.2 Å². The number of nitrogen functional groups attached to an aromatic ring is 1. The van der Waals surface area contributed by atoms with Crippen LogP contribution in [0.1, 0.15) is 35.2 Å². The number of anilines is 1. The van der Waals surface area contributed by atoms with Gasteiger partial charge in [0.25, 0.3) is 0 Å². The van der Waals surface area contributed by atoms with E-state index in [2.05, 4.69) is 23.2 Å². The highest BCUT2D eigenvalue weighted by Gasteiger charge is 2.29. The Balaban J connectivity index is 1.62. The number of nitriles is 1. The zero-order chi connectivity index (χ0) is 21.3. The van der Waals surface area contributed by atoms with Crippen molar-refractivity contribution < 1.29 is 4.79 Å². The lowest BCUT2D eigenvalue weighted by molar-refractivity contribution is -0.133. The second kappa shape index (κ2) is 8.17. The van der Waals surface area contributed by atoms with Crippen LogP contribution in [0.4, 0.5) is 5.82 Å². The minimum atomic E-state index is -0.0732. The predicted molar refractivity (Wildman–Crippen MR) is 118 cm³/mol. The third-order valence-corrected chi connectivity index (χ3v) is 6.07. The number of rotatable bonds is 3. The fourth-order valence-electron chi connectivity index (χ4n) is 4.14. The molecule has 150 valence electrons. The summed E-state index contributed by atoms with van der Waals surface area (Å²) < 4.78 is 0.